The molecule has 0 radical (unpaired) electrons. The maximum Gasteiger partial charge on any atom is 0.0460 e. The van der Waals surface area contributed by atoms with Crippen LogP contribution in [0.1, 0.15) is 29.8 Å². The van der Waals surface area contributed by atoms with Crippen LogP contribution in [0.25, 0.3) is 0 Å². The highest BCUT2D eigenvalue weighted by Gasteiger charge is 2.21. The van der Waals surface area contributed by atoms with E-state index in [1.165, 1.54) is 5.69 Å². The normalized spacial score (nSPS) is 17.2. The van der Waals surface area contributed by atoms with Crippen LogP contribution in [0.15, 0.2) is 6.07 Å². The molecule has 3 N–H and O–H groups in total. The zero-order valence-corrected chi connectivity index (χ0v) is 11.3. The van der Waals surface area contributed by atoms with Gasteiger partial charge in [0.05, 0.1) is 0 Å². The van der Waals surface area contributed by atoms with Gasteiger partial charge in [-0.1, -0.05) is 0 Å². The molecule has 0 amide bonds. The first kappa shape index (κ1) is 13.3. The summed E-state index contributed by atoms with van der Waals surface area (Å²) in [5.41, 5.74) is 10.3. The van der Waals surface area contributed by atoms with Gasteiger partial charge in [0.2, 0.25) is 0 Å². The summed E-state index contributed by atoms with van der Waals surface area (Å²) in [5.74, 6) is 0.464. The van der Waals surface area contributed by atoms with E-state index in [2.05, 4.69) is 16.0 Å². The van der Waals surface area contributed by atoms with Crippen LogP contribution in [-0.4, -0.2) is 29.8 Å². The SMILES string of the molecule is Cc1cc(N2CCC(CO)CC2)c(CN)c(C)n1. The van der Waals surface area contributed by atoms with Crippen molar-refractivity contribution < 1.29 is 5.11 Å². The minimum atomic E-state index is 0.311. The van der Waals surface area contributed by atoms with E-state index in [9.17, 15) is 5.11 Å². The summed E-state index contributed by atoms with van der Waals surface area (Å²) in [4.78, 5) is 6.87. The quantitative estimate of drug-likeness (QED) is 0.849. The van der Waals surface area contributed by atoms with E-state index in [0.29, 0.717) is 19.1 Å². The molecule has 0 spiro atoms. The molecule has 0 atom stereocenters. The monoisotopic (exact) mass is 249 g/mol. The number of anilines is 1. The highest BCUT2D eigenvalue weighted by atomic mass is 16.3. The Labute approximate surface area is 109 Å². The van der Waals surface area contributed by atoms with Gasteiger partial charge >= 0.3 is 0 Å². The number of nitrogens with zero attached hydrogens (tertiary/aromatic N) is 2. The molecule has 4 nitrogen and oxygen atoms in total. The number of piperidine rings is 1. The van der Waals surface area contributed by atoms with Gasteiger partial charge in [-0.3, -0.25) is 4.98 Å². The van der Waals surface area contributed by atoms with Gasteiger partial charge < -0.3 is 15.7 Å². The van der Waals surface area contributed by atoms with Crippen LogP contribution >= 0.6 is 0 Å². The summed E-state index contributed by atoms with van der Waals surface area (Å²) >= 11 is 0. The van der Waals surface area contributed by atoms with Crippen molar-refractivity contribution in [2.75, 3.05) is 24.6 Å². The summed E-state index contributed by atoms with van der Waals surface area (Å²) in [6, 6.07) is 2.13. The third-order valence-electron chi connectivity index (χ3n) is 3.85. The van der Waals surface area contributed by atoms with Gasteiger partial charge in [0.1, 0.15) is 0 Å². The summed E-state index contributed by atoms with van der Waals surface area (Å²) < 4.78 is 0. The second kappa shape index (κ2) is 5.67. The first-order valence-electron chi connectivity index (χ1n) is 6.68. The lowest BCUT2D eigenvalue weighted by Gasteiger charge is -2.34. The van der Waals surface area contributed by atoms with E-state index in [-0.39, 0.29) is 0 Å². The molecule has 1 fully saturated rings. The van der Waals surface area contributed by atoms with Crippen LogP contribution in [0.4, 0.5) is 5.69 Å². The molecule has 2 heterocycles. The predicted molar refractivity (Wildman–Crippen MR) is 73.6 cm³/mol. The number of hydrogen-bond donors (Lipinski definition) is 2. The van der Waals surface area contributed by atoms with Crippen LogP contribution in [0.3, 0.4) is 0 Å². The standard InChI is InChI=1S/C14H23N3O/c1-10-7-14(13(8-15)11(2)16-10)17-5-3-12(9-18)4-6-17/h7,12,18H,3-6,8-9,15H2,1-2H3. The summed E-state index contributed by atoms with van der Waals surface area (Å²) in [6.45, 7) is 6.90. The maximum atomic E-state index is 9.19. The molecule has 0 aliphatic carbocycles. The first-order valence-corrected chi connectivity index (χ1v) is 6.68. The van der Waals surface area contributed by atoms with E-state index >= 15 is 0 Å². The van der Waals surface area contributed by atoms with Gasteiger partial charge in [-0.2, -0.15) is 0 Å². The average molecular weight is 249 g/mol. The zero-order chi connectivity index (χ0) is 13.1. The topological polar surface area (TPSA) is 62.4 Å². The summed E-state index contributed by atoms with van der Waals surface area (Å²) in [5, 5.41) is 9.19. The molecule has 0 saturated carbocycles. The van der Waals surface area contributed by atoms with Crippen molar-refractivity contribution in [3.8, 4) is 0 Å². The van der Waals surface area contributed by atoms with Gasteiger partial charge in [0.25, 0.3) is 0 Å². The fourth-order valence-corrected chi connectivity index (χ4v) is 2.73. The van der Waals surface area contributed by atoms with Crippen LogP contribution < -0.4 is 10.6 Å². The molecule has 0 unspecified atom stereocenters. The number of pyridine rings is 1. The van der Waals surface area contributed by atoms with Crippen molar-refractivity contribution in [1.29, 1.82) is 0 Å². The predicted octanol–water partition coefficient (Wildman–Crippen LogP) is 1.37. The number of aliphatic hydroxyl groups excluding tert-OH is 1. The Morgan fingerprint density at radius 1 is 1.39 bits per heavy atom. The van der Waals surface area contributed by atoms with Crippen LogP contribution in [0.2, 0.25) is 0 Å². The third kappa shape index (κ3) is 2.65. The molecule has 18 heavy (non-hydrogen) atoms. The van der Waals surface area contributed by atoms with Crippen molar-refractivity contribution in [1.82, 2.24) is 4.98 Å². The van der Waals surface area contributed by atoms with E-state index in [4.69, 9.17) is 5.73 Å². The molecule has 1 aliphatic heterocycles. The minimum absolute atomic E-state index is 0.311. The van der Waals surface area contributed by atoms with Gasteiger partial charge in [0, 0.05) is 48.9 Å². The summed E-state index contributed by atoms with van der Waals surface area (Å²) in [6.07, 6.45) is 2.11. The van der Waals surface area contributed by atoms with E-state index in [1.54, 1.807) is 0 Å². The Morgan fingerprint density at radius 3 is 2.61 bits per heavy atom. The Balaban J connectivity index is 2.23. The van der Waals surface area contributed by atoms with Crippen molar-refractivity contribution in [3.05, 3.63) is 23.0 Å². The van der Waals surface area contributed by atoms with Gasteiger partial charge in [0.15, 0.2) is 0 Å². The lowest BCUT2D eigenvalue weighted by Crippen LogP contribution is -2.35. The summed E-state index contributed by atoms with van der Waals surface area (Å²) in [7, 11) is 0. The molecular formula is C14H23N3O. The Morgan fingerprint density at radius 2 is 2.06 bits per heavy atom. The molecule has 0 aromatic carbocycles. The highest BCUT2D eigenvalue weighted by molar-refractivity contribution is 5.56. The van der Waals surface area contributed by atoms with E-state index < -0.39 is 0 Å². The number of aromatic nitrogens is 1. The van der Waals surface area contributed by atoms with Crippen molar-refractivity contribution >= 4 is 5.69 Å². The Hall–Kier alpha value is -1.13. The Kier molecular flexibility index (Phi) is 4.19. The van der Waals surface area contributed by atoms with Crippen molar-refractivity contribution in [3.63, 3.8) is 0 Å². The number of hydrogen-bond acceptors (Lipinski definition) is 4. The largest absolute Gasteiger partial charge is 0.396 e. The van der Waals surface area contributed by atoms with Crippen LogP contribution in [-0.2, 0) is 6.54 Å². The average Bonchev–Trinajstić information content (AvgIpc) is 2.38. The minimum Gasteiger partial charge on any atom is -0.396 e. The lowest BCUT2D eigenvalue weighted by atomic mass is 9.96. The van der Waals surface area contributed by atoms with E-state index in [0.717, 1.165) is 42.9 Å². The second-order valence-corrected chi connectivity index (χ2v) is 5.16. The van der Waals surface area contributed by atoms with Gasteiger partial charge in [-0.15, -0.1) is 0 Å². The molecule has 1 aliphatic rings. The molecular weight excluding hydrogens is 226 g/mol. The Bertz CT molecular complexity index is 412. The number of rotatable bonds is 3. The molecule has 4 heteroatoms. The molecule has 1 aromatic rings. The van der Waals surface area contributed by atoms with Crippen molar-refractivity contribution in [2.24, 2.45) is 11.7 Å². The highest BCUT2D eigenvalue weighted by Crippen LogP contribution is 2.28. The first-order chi connectivity index (χ1) is 8.65. The van der Waals surface area contributed by atoms with E-state index in [1.807, 2.05) is 13.8 Å². The van der Waals surface area contributed by atoms with Crippen LogP contribution in [0, 0.1) is 19.8 Å². The molecule has 100 valence electrons. The molecule has 1 aromatic heterocycles. The maximum absolute atomic E-state index is 9.19. The van der Waals surface area contributed by atoms with Crippen molar-refractivity contribution in [2.45, 2.75) is 33.2 Å². The number of aliphatic hydroxyl groups is 1. The number of nitrogens with two attached hydrogens (primary N) is 1. The second-order valence-electron chi connectivity index (χ2n) is 5.16. The van der Waals surface area contributed by atoms with Crippen LogP contribution in [0.5, 0.6) is 0 Å². The lowest BCUT2D eigenvalue weighted by molar-refractivity contribution is 0.203. The van der Waals surface area contributed by atoms with Gasteiger partial charge in [-0.05, 0) is 38.7 Å². The zero-order valence-electron chi connectivity index (χ0n) is 11.3. The molecule has 0 bridgehead atoms. The molecule has 1 saturated heterocycles. The van der Waals surface area contributed by atoms with Gasteiger partial charge in [-0.25, -0.2) is 0 Å². The fraction of sp³-hybridized carbons (Fsp3) is 0.643. The smallest absolute Gasteiger partial charge is 0.0460 e. The third-order valence-corrected chi connectivity index (χ3v) is 3.85. The fourth-order valence-electron chi connectivity index (χ4n) is 2.73. The number of aryl methyl sites for hydroxylation is 2. The molecule has 2 rings (SSSR count).